The summed E-state index contributed by atoms with van der Waals surface area (Å²) in [5, 5.41) is 0. The lowest BCUT2D eigenvalue weighted by atomic mass is 10.2. The van der Waals surface area contributed by atoms with Crippen LogP contribution >= 0.6 is 0 Å². The molecule has 4 nitrogen and oxygen atoms in total. The highest BCUT2D eigenvalue weighted by Gasteiger charge is 2.13. The summed E-state index contributed by atoms with van der Waals surface area (Å²) in [6.07, 6.45) is 0. The van der Waals surface area contributed by atoms with E-state index in [2.05, 4.69) is 4.72 Å². The lowest BCUT2D eigenvalue weighted by Gasteiger charge is -2.09. The highest BCUT2D eigenvalue weighted by molar-refractivity contribution is 7.92. The summed E-state index contributed by atoms with van der Waals surface area (Å²) in [6, 6.07) is 13.5. The molecule has 100 valence electrons. The summed E-state index contributed by atoms with van der Waals surface area (Å²) < 4.78 is 31.9. The van der Waals surface area contributed by atoms with Crippen LogP contribution in [0.3, 0.4) is 0 Å². The Morgan fingerprint density at radius 2 is 1.74 bits per heavy atom. The number of nitrogens with one attached hydrogen (secondary N) is 1. The van der Waals surface area contributed by atoms with Crippen molar-refractivity contribution in [2.45, 2.75) is 11.8 Å². The van der Waals surface area contributed by atoms with Crippen molar-refractivity contribution in [1.29, 1.82) is 0 Å². The zero-order chi connectivity index (χ0) is 13.9. The maximum Gasteiger partial charge on any atom is 0.261 e. The number of hydrogen-bond acceptors (Lipinski definition) is 3. The van der Waals surface area contributed by atoms with Crippen molar-refractivity contribution in [1.82, 2.24) is 0 Å². The van der Waals surface area contributed by atoms with Gasteiger partial charge in [-0.25, -0.2) is 8.42 Å². The van der Waals surface area contributed by atoms with Gasteiger partial charge in [0.25, 0.3) is 10.0 Å². The van der Waals surface area contributed by atoms with Gasteiger partial charge in [-0.2, -0.15) is 0 Å². The number of rotatable bonds is 4. The topological polar surface area (TPSA) is 55.4 Å². The average molecular weight is 277 g/mol. The number of hydrogen-bond donors (Lipinski definition) is 1. The SMILES string of the molecule is COc1ccc(S(=O)(=O)Nc2cccc(C)c2)cc1. The molecule has 0 fully saturated rings. The van der Waals surface area contributed by atoms with Crippen LogP contribution in [0.5, 0.6) is 5.75 Å². The first-order valence-electron chi connectivity index (χ1n) is 5.75. The predicted molar refractivity (Wildman–Crippen MR) is 75.0 cm³/mol. The predicted octanol–water partition coefficient (Wildman–Crippen LogP) is 2.80. The highest BCUT2D eigenvalue weighted by Crippen LogP contribution is 2.19. The minimum absolute atomic E-state index is 0.204. The van der Waals surface area contributed by atoms with Gasteiger partial charge in [-0.3, -0.25) is 4.72 Å². The summed E-state index contributed by atoms with van der Waals surface area (Å²) >= 11 is 0. The second kappa shape index (κ2) is 5.32. The maximum atomic E-state index is 12.2. The molecule has 2 rings (SSSR count). The minimum atomic E-state index is -3.56. The molecule has 0 aliphatic rings. The van der Waals surface area contributed by atoms with Crippen molar-refractivity contribution in [3.05, 3.63) is 54.1 Å². The molecular weight excluding hydrogens is 262 g/mol. The van der Waals surface area contributed by atoms with Crippen LogP contribution in [0.1, 0.15) is 5.56 Å². The Morgan fingerprint density at radius 3 is 2.32 bits per heavy atom. The van der Waals surface area contributed by atoms with E-state index in [0.717, 1.165) is 5.56 Å². The second-order valence-corrected chi connectivity index (χ2v) is 5.83. The van der Waals surface area contributed by atoms with Crippen molar-refractivity contribution < 1.29 is 13.2 Å². The van der Waals surface area contributed by atoms with E-state index in [1.54, 1.807) is 30.3 Å². The van der Waals surface area contributed by atoms with Crippen LogP contribution in [0.4, 0.5) is 5.69 Å². The molecule has 0 saturated heterocycles. The third-order valence-corrected chi connectivity index (χ3v) is 4.04. The van der Waals surface area contributed by atoms with E-state index < -0.39 is 10.0 Å². The van der Waals surface area contributed by atoms with E-state index in [-0.39, 0.29) is 4.90 Å². The second-order valence-electron chi connectivity index (χ2n) is 4.15. The summed E-state index contributed by atoms with van der Waals surface area (Å²) in [7, 11) is -2.02. The van der Waals surface area contributed by atoms with Crippen LogP contribution in [-0.4, -0.2) is 15.5 Å². The molecule has 2 aromatic carbocycles. The van der Waals surface area contributed by atoms with Crippen molar-refractivity contribution in [3.8, 4) is 5.75 Å². The number of sulfonamides is 1. The monoisotopic (exact) mass is 277 g/mol. The van der Waals surface area contributed by atoms with Crippen LogP contribution in [0.2, 0.25) is 0 Å². The fourth-order valence-electron chi connectivity index (χ4n) is 1.68. The van der Waals surface area contributed by atoms with E-state index in [0.29, 0.717) is 11.4 Å². The molecule has 2 aromatic rings. The third-order valence-electron chi connectivity index (χ3n) is 2.64. The lowest BCUT2D eigenvalue weighted by molar-refractivity contribution is 0.414. The number of aryl methyl sites for hydroxylation is 1. The van der Waals surface area contributed by atoms with Crippen molar-refractivity contribution >= 4 is 15.7 Å². The molecule has 0 heterocycles. The summed E-state index contributed by atoms with van der Waals surface area (Å²) in [4.78, 5) is 0.204. The quantitative estimate of drug-likeness (QED) is 0.935. The van der Waals surface area contributed by atoms with Crippen LogP contribution < -0.4 is 9.46 Å². The van der Waals surface area contributed by atoms with Gasteiger partial charge < -0.3 is 4.74 Å². The molecular formula is C14H15NO3S. The number of anilines is 1. The molecule has 19 heavy (non-hydrogen) atoms. The van der Waals surface area contributed by atoms with E-state index >= 15 is 0 Å². The number of ether oxygens (including phenoxy) is 1. The van der Waals surface area contributed by atoms with Crippen LogP contribution in [-0.2, 0) is 10.0 Å². The van der Waals surface area contributed by atoms with Gasteiger partial charge in [-0.15, -0.1) is 0 Å². The summed E-state index contributed by atoms with van der Waals surface area (Å²) in [6.45, 7) is 1.91. The minimum Gasteiger partial charge on any atom is -0.497 e. The van der Waals surface area contributed by atoms with Gasteiger partial charge in [0, 0.05) is 5.69 Å². The van der Waals surface area contributed by atoms with Crippen LogP contribution in [0, 0.1) is 6.92 Å². The molecule has 0 aliphatic carbocycles. The van der Waals surface area contributed by atoms with Crippen molar-refractivity contribution in [2.24, 2.45) is 0 Å². The summed E-state index contributed by atoms with van der Waals surface area (Å²) in [5.74, 6) is 0.620. The van der Waals surface area contributed by atoms with Gasteiger partial charge in [-0.1, -0.05) is 12.1 Å². The zero-order valence-electron chi connectivity index (χ0n) is 10.8. The normalized spacial score (nSPS) is 11.1. The molecule has 0 unspecified atom stereocenters. The molecule has 0 spiro atoms. The molecule has 1 N–H and O–H groups in total. The molecule has 0 aromatic heterocycles. The first kappa shape index (κ1) is 13.4. The van der Waals surface area contributed by atoms with Gasteiger partial charge in [0.2, 0.25) is 0 Å². The standard InChI is InChI=1S/C14H15NO3S/c1-11-4-3-5-12(10-11)15-19(16,17)14-8-6-13(18-2)7-9-14/h3-10,15H,1-2H3. The summed E-state index contributed by atoms with van der Waals surface area (Å²) in [5.41, 5.74) is 1.55. The van der Waals surface area contributed by atoms with Crippen molar-refractivity contribution in [3.63, 3.8) is 0 Å². The Hall–Kier alpha value is -2.01. The van der Waals surface area contributed by atoms with Gasteiger partial charge in [-0.05, 0) is 48.9 Å². The Balaban J connectivity index is 2.27. The Kier molecular flexibility index (Phi) is 3.76. The van der Waals surface area contributed by atoms with E-state index in [9.17, 15) is 8.42 Å². The lowest BCUT2D eigenvalue weighted by Crippen LogP contribution is -2.12. The fourth-order valence-corrected chi connectivity index (χ4v) is 2.73. The van der Waals surface area contributed by atoms with Crippen LogP contribution in [0.25, 0.3) is 0 Å². The fraction of sp³-hybridized carbons (Fsp3) is 0.143. The first-order chi connectivity index (χ1) is 9.01. The zero-order valence-corrected chi connectivity index (χ0v) is 11.6. The van der Waals surface area contributed by atoms with E-state index in [1.807, 2.05) is 13.0 Å². The van der Waals surface area contributed by atoms with E-state index in [4.69, 9.17) is 4.74 Å². The first-order valence-corrected chi connectivity index (χ1v) is 7.23. The van der Waals surface area contributed by atoms with Gasteiger partial charge in [0.15, 0.2) is 0 Å². The van der Waals surface area contributed by atoms with Crippen LogP contribution in [0.15, 0.2) is 53.4 Å². The number of methoxy groups -OCH3 is 1. The molecule has 5 heteroatoms. The molecule has 0 radical (unpaired) electrons. The Labute approximate surface area is 113 Å². The average Bonchev–Trinajstić information content (AvgIpc) is 2.38. The van der Waals surface area contributed by atoms with Gasteiger partial charge in [0.1, 0.15) is 5.75 Å². The molecule has 0 atom stereocenters. The van der Waals surface area contributed by atoms with Gasteiger partial charge in [0.05, 0.1) is 12.0 Å². The van der Waals surface area contributed by atoms with Gasteiger partial charge >= 0.3 is 0 Å². The number of benzene rings is 2. The molecule has 0 saturated carbocycles. The van der Waals surface area contributed by atoms with E-state index in [1.165, 1.54) is 19.2 Å². The molecule has 0 amide bonds. The van der Waals surface area contributed by atoms with Crippen molar-refractivity contribution in [2.75, 3.05) is 11.8 Å². The molecule has 0 aliphatic heterocycles. The highest BCUT2D eigenvalue weighted by atomic mass is 32.2. The third kappa shape index (κ3) is 3.26. The maximum absolute atomic E-state index is 12.2. The Bertz CT molecular complexity index is 663. The molecule has 0 bridgehead atoms. The largest absolute Gasteiger partial charge is 0.497 e. The smallest absolute Gasteiger partial charge is 0.261 e. The Morgan fingerprint density at radius 1 is 1.05 bits per heavy atom.